The minimum atomic E-state index is 0.239. The average Bonchev–Trinajstić information content (AvgIpc) is 2.17. The highest BCUT2D eigenvalue weighted by atomic mass is 14.5. The molecule has 1 atom stereocenters. The lowest BCUT2D eigenvalue weighted by atomic mass is 9.82. The van der Waals surface area contributed by atoms with Crippen molar-refractivity contribution in [3.8, 4) is 0 Å². The quantitative estimate of drug-likeness (QED) is 0.668. The standard InChI is InChI=1S/C11H19N/c1-8-7-11(4,5-6-12)10(3)9(8)2/h7H,5-6,12H2,1-4H3. The fourth-order valence-corrected chi connectivity index (χ4v) is 1.98. The molecule has 2 N–H and O–H groups in total. The second-order valence-electron chi connectivity index (χ2n) is 4.03. The van der Waals surface area contributed by atoms with E-state index >= 15 is 0 Å². The van der Waals surface area contributed by atoms with E-state index in [0.717, 1.165) is 13.0 Å². The van der Waals surface area contributed by atoms with E-state index in [4.69, 9.17) is 5.73 Å². The first-order chi connectivity index (χ1) is 5.51. The molecule has 1 aliphatic carbocycles. The van der Waals surface area contributed by atoms with Gasteiger partial charge in [0.1, 0.15) is 0 Å². The Morgan fingerprint density at radius 3 is 2.25 bits per heavy atom. The van der Waals surface area contributed by atoms with Crippen LogP contribution in [0.1, 0.15) is 34.1 Å². The summed E-state index contributed by atoms with van der Waals surface area (Å²) in [5, 5.41) is 0. The van der Waals surface area contributed by atoms with Gasteiger partial charge in [-0.25, -0.2) is 0 Å². The summed E-state index contributed by atoms with van der Waals surface area (Å²) in [6.07, 6.45) is 3.41. The number of hydrogen-bond acceptors (Lipinski definition) is 1. The predicted octanol–water partition coefficient (Wildman–Crippen LogP) is 2.64. The number of nitrogens with two attached hydrogens (primary N) is 1. The highest BCUT2D eigenvalue weighted by molar-refractivity contribution is 5.44. The zero-order valence-electron chi connectivity index (χ0n) is 8.57. The Labute approximate surface area is 75.3 Å². The maximum atomic E-state index is 5.59. The van der Waals surface area contributed by atoms with Crippen molar-refractivity contribution < 1.29 is 0 Å². The van der Waals surface area contributed by atoms with Crippen molar-refractivity contribution in [3.05, 3.63) is 22.8 Å². The summed E-state index contributed by atoms with van der Waals surface area (Å²) < 4.78 is 0. The third-order valence-electron chi connectivity index (χ3n) is 3.21. The van der Waals surface area contributed by atoms with Gasteiger partial charge in [0.05, 0.1) is 0 Å². The SMILES string of the molecule is CC1=CC(C)(CCN)C(C)=C1C. The van der Waals surface area contributed by atoms with Gasteiger partial charge in [0.25, 0.3) is 0 Å². The van der Waals surface area contributed by atoms with Gasteiger partial charge < -0.3 is 5.73 Å². The molecule has 0 fully saturated rings. The molecule has 0 aromatic carbocycles. The van der Waals surface area contributed by atoms with Crippen molar-refractivity contribution in [1.82, 2.24) is 0 Å². The molecule has 1 unspecified atom stereocenters. The van der Waals surface area contributed by atoms with Crippen LogP contribution in [0.3, 0.4) is 0 Å². The van der Waals surface area contributed by atoms with Gasteiger partial charge in [0.2, 0.25) is 0 Å². The summed E-state index contributed by atoms with van der Waals surface area (Å²) in [5.41, 5.74) is 10.2. The Bertz CT molecular complexity index is 248. The van der Waals surface area contributed by atoms with Crippen molar-refractivity contribution in [3.63, 3.8) is 0 Å². The molecular formula is C11H19N. The van der Waals surface area contributed by atoms with E-state index in [1.807, 2.05) is 0 Å². The third-order valence-corrected chi connectivity index (χ3v) is 3.21. The average molecular weight is 165 g/mol. The number of allylic oxidation sites excluding steroid dienone is 4. The summed E-state index contributed by atoms with van der Waals surface area (Å²) in [5.74, 6) is 0. The van der Waals surface area contributed by atoms with E-state index < -0.39 is 0 Å². The molecule has 0 spiro atoms. The zero-order valence-corrected chi connectivity index (χ0v) is 8.57. The van der Waals surface area contributed by atoms with Crippen LogP contribution in [0.4, 0.5) is 0 Å². The molecule has 0 heterocycles. The summed E-state index contributed by atoms with van der Waals surface area (Å²) in [7, 11) is 0. The van der Waals surface area contributed by atoms with Gasteiger partial charge in [-0.3, -0.25) is 0 Å². The zero-order chi connectivity index (χ0) is 9.35. The van der Waals surface area contributed by atoms with Crippen LogP contribution in [-0.2, 0) is 0 Å². The Balaban J connectivity index is 2.97. The van der Waals surface area contributed by atoms with E-state index in [1.54, 1.807) is 0 Å². The Morgan fingerprint density at radius 1 is 1.33 bits per heavy atom. The van der Waals surface area contributed by atoms with Gasteiger partial charge in [0.15, 0.2) is 0 Å². The molecule has 0 aromatic rings. The van der Waals surface area contributed by atoms with Gasteiger partial charge in [-0.2, -0.15) is 0 Å². The van der Waals surface area contributed by atoms with Crippen LogP contribution in [0.25, 0.3) is 0 Å². The Hall–Kier alpha value is -0.560. The van der Waals surface area contributed by atoms with E-state index in [-0.39, 0.29) is 5.41 Å². The summed E-state index contributed by atoms with van der Waals surface area (Å²) in [4.78, 5) is 0. The third kappa shape index (κ3) is 1.34. The van der Waals surface area contributed by atoms with Crippen LogP contribution in [0.2, 0.25) is 0 Å². The van der Waals surface area contributed by atoms with Crippen LogP contribution in [0.15, 0.2) is 22.8 Å². The molecule has 1 nitrogen and oxygen atoms in total. The number of hydrogen-bond donors (Lipinski definition) is 1. The molecule has 0 amide bonds. The van der Waals surface area contributed by atoms with Crippen molar-refractivity contribution in [1.29, 1.82) is 0 Å². The summed E-state index contributed by atoms with van der Waals surface area (Å²) in [6, 6.07) is 0. The molecule has 12 heavy (non-hydrogen) atoms. The normalized spacial score (nSPS) is 29.6. The maximum Gasteiger partial charge on any atom is 0.00833 e. The minimum Gasteiger partial charge on any atom is -0.330 e. The fraction of sp³-hybridized carbons (Fsp3) is 0.636. The maximum absolute atomic E-state index is 5.59. The van der Waals surface area contributed by atoms with Gasteiger partial charge in [-0.15, -0.1) is 0 Å². The second-order valence-corrected chi connectivity index (χ2v) is 4.03. The lowest BCUT2D eigenvalue weighted by Crippen LogP contribution is -2.18. The molecule has 1 heteroatoms. The first-order valence-corrected chi connectivity index (χ1v) is 4.59. The van der Waals surface area contributed by atoms with Crippen molar-refractivity contribution in [2.75, 3.05) is 6.54 Å². The van der Waals surface area contributed by atoms with Crippen LogP contribution in [0, 0.1) is 5.41 Å². The lowest BCUT2D eigenvalue weighted by molar-refractivity contribution is 0.481. The second kappa shape index (κ2) is 3.06. The van der Waals surface area contributed by atoms with Gasteiger partial charge in [-0.05, 0) is 39.3 Å². The molecule has 68 valence electrons. The van der Waals surface area contributed by atoms with E-state index in [1.165, 1.54) is 16.7 Å². The van der Waals surface area contributed by atoms with Crippen molar-refractivity contribution in [2.45, 2.75) is 34.1 Å². The van der Waals surface area contributed by atoms with Crippen LogP contribution in [-0.4, -0.2) is 6.54 Å². The molecule has 1 aliphatic rings. The first kappa shape index (κ1) is 9.53. The smallest absolute Gasteiger partial charge is 0.00833 e. The topological polar surface area (TPSA) is 26.0 Å². The molecule has 0 aromatic heterocycles. The molecular weight excluding hydrogens is 146 g/mol. The molecule has 0 radical (unpaired) electrons. The minimum absolute atomic E-state index is 0.239. The van der Waals surface area contributed by atoms with Crippen LogP contribution < -0.4 is 5.73 Å². The molecule has 1 rings (SSSR count). The molecule has 0 aliphatic heterocycles. The Morgan fingerprint density at radius 2 is 1.92 bits per heavy atom. The lowest BCUT2D eigenvalue weighted by Gasteiger charge is -2.23. The first-order valence-electron chi connectivity index (χ1n) is 4.59. The largest absolute Gasteiger partial charge is 0.330 e. The van der Waals surface area contributed by atoms with Gasteiger partial charge in [-0.1, -0.05) is 24.1 Å². The van der Waals surface area contributed by atoms with E-state index in [9.17, 15) is 0 Å². The van der Waals surface area contributed by atoms with E-state index in [2.05, 4.69) is 33.8 Å². The van der Waals surface area contributed by atoms with Gasteiger partial charge >= 0.3 is 0 Å². The highest BCUT2D eigenvalue weighted by Crippen LogP contribution is 2.42. The highest BCUT2D eigenvalue weighted by Gasteiger charge is 2.29. The molecule has 0 saturated carbocycles. The monoisotopic (exact) mass is 165 g/mol. The summed E-state index contributed by atoms with van der Waals surface area (Å²) >= 11 is 0. The molecule has 0 saturated heterocycles. The predicted molar refractivity (Wildman–Crippen MR) is 53.9 cm³/mol. The van der Waals surface area contributed by atoms with Crippen LogP contribution in [0.5, 0.6) is 0 Å². The fourth-order valence-electron chi connectivity index (χ4n) is 1.98. The number of rotatable bonds is 2. The van der Waals surface area contributed by atoms with Crippen LogP contribution >= 0.6 is 0 Å². The van der Waals surface area contributed by atoms with Crippen molar-refractivity contribution >= 4 is 0 Å². The van der Waals surface area contributed by atoms with Gasteiger partial charge in [0, 0.05) is 5.41 Å². The van der Waals surface area contributed by atoms with E-state index in [0.29, 0.717) is 0 Å². The summed E-state index contributed by atoms with van der Waals surface area (Å²) in [6.45, 7) is 9.64. The Kier molecular flexibility index (Phi) is 2.43. The van der Waals surface area contributed by atoms with Crippen molar-refractivity contribution in [2.24, 2.45) is 11.1 Å². The molecule has 0 bridgehead atoms.